The summed E-state index contributed by atoms with van der Waals surface area (Å²) < 4.78 is 36.2. The number of carbonyl (C=O) groups is 1. The Kier molecular flexibility index (Phi) is 3.53. The summed E-state index contributed by atoms with van der Waals surface area (Å²) in [5, 5.41) is 8.10. The molecule has 6 atom stereocenters. The van der Waals surface area contributed by atoms with E-state index in [2.05, 4.69) is 5.32 Å². The first kappa shape index (κ1) is 17.9. The van der Waals surface area contributed by atoms with E-state index in [1.54, 1.807) is 4.68 Å². The van der Waals surface area contributed by atoms with Gasteiger partial charge < -0.3 is 10.1 Å². The highest BCUT2D eigenvalue weighted by molar-refractivity contribution is 5.95. The van der Waals surface area contributed by atoms with Crippen LogP contribution in [-0.4, -0.2) is 33.5 Å². The van der Waals surface area contributed by atoms with Gasteiger partial charge in [0.25, 0.3) is 5.91 Å². The van der Waals surface area contributed by atoms with E-state index in [4.69, 9.17) is 9.84 Å². The number of rotatable bonds is 3. The summed E-state index contributed by atoms with van der Waals surface area (Å²) in [6, 6.07) is -0.637. The first-order chi connectivity index (χ1) is 14.5. The molecule has 4 bridgehead atoms. The molecule has 7 heteroatoms. The van der Waals surface area contributed by atoms with Crippen molar-refractivity contribution in [2.75, 3.05) is 0 Å². The lowest BCUT2D eigenvalue weighted by Gasteiger charge is -2.52. The Morgan fingerprint density at radius 1 is 1.20 bits per heavy atom. The monoisotopic (exact) mass is 415 g/mol. The summed E-state index contributed by atoms with van der Waals surface area (Å²) >= 11 is 0. The van der Waals surface area contributed by atoms with E-state index < -0.39 is 18.0 Å². The molecule has 160 valence electrons. The van der Waals surface area contributed by atoms with E-state index in [1.807, 2.05) is 0 Å². The maximum absolute atomic E-state index is 14.7. The molecule has 3 heterocycles. The van der Waals surface area contributed by atoms with E-state index in [9.17, 15) is 13.6 Å². The van der Waals surface area contributed by atoms with Crippen molar-refractivity contribution < 1.29 is 18.3 Å². The second kappa shape index (κ2) is 5.93. The fourth-order valence-corrected chi connectivity index (χ4v) is 7.74. The van der Waals surface area contributed by atoms with Gasteiger partial charge in [-0.1, -0.05) is 0 Å². The Morgan fingerprint density at radius 2 is 2.03 bits per heavy atom. The zero-order valence-corrected chi connectivity index (χ0v) is 16.9. The molecule has 1 saturated heterocycles. The molecule has 1 aromatic rings. The smallest absolute Gasteiger partial charge is 0.272 e. The number of aromatic nitrogens is 2. The predicted octanol–water partition coefficient (Wildman–Crippen LogP) is 4.10. The molecule has 1 aromatic heterocycles. The Bertz CT molecular complexity index is 960. The molecule has 4 fully saturated rings. The van der Waals surface area contributed by atoms with Crippen LogP contribution in [0, 0.1) is 17.8 Å². The number of allylic oxidation sites excluding steroid dienone is 2. The molecule has 5 nitrogen and oxygen atoms in total. The molecule has 7 rings (SSSR count). The third kappa shape index (κ3) is 2.25. The number of carbonyl (C=O) groups excluding carboxylic acids is 1. The number of nitrogens with zero attached hydrogens (tertiary/aromatic N) is 2. The Labute approximate surface area is 174 Å². The van der Waals surface area contributed by atoms with Crippen molar-refractivity contribution in [3.63, 3.8) is 0 Å². The summed E-state index contributed by atoms with van der Waals surface area (Å²) in [6.07, 6.45) is 7.70. The van der Waals surface area contributed by atoms with Crippen LogP contribution in [0.3, 0.4) is 0 Å². The van der Waals surface area contributed by atoms with Crippen molar-refractivity contribution in [1.29, 1.82) is 0 Å². The molecule has 3 saturated carbocycles. The minimum absolute atomic E-state index is 0.0278. The van der Waals surface area contributed by atoms with Gasteiger partial charge in [0.2, 0.25) is 0 Å². The largest absolute Gasteiger partial charge is 0.368 e. The summed E-state index contributed by atoms with van der Waals surface area (Å²) in [7, 11) is 0. The maximum atomic E-state index is 14.7. The van der Waals surface area contributed by atoms with E-state index in [0.29, 0.717) is 30.4 Å². The van der Waals surface area contributed by atoms with Crippen LogP contribution < -0.4 is 5.32 Å². The van der Waals surface area contributed by atoms with E-state index in [1.165, 1.54) is 19.3 Å². The molecule has 0 aromatic carbocycles. The van der Waals surface area contributed by atoms with Crippen molar-refractivity contribution in [1.82, 2.24) is 15.1 Å². The van der Waals surface area contributed by atoms with Crippen LogP contribution in [0.4, 0.5) is 8.78 Å². The molecule has 1 N–H and O–H groups in total. The zero-order valence-electron chi connectivity index (χ0n) is 16.9. The molecule has 4 aliphatic carbocycles. The standard InChI is InChI=1S/C23H27F2N3O2/c24-14-1-3-18(17(25)8-14)28-21-16(9-15-2-4-19(21)30-15)20(27-28)22(29)26-23-10-11-5-12(23)7-13(23)6-11/h8,11-15,18-19H,1-7,9-10H2,(H,26,29). The number of hydrogen-bond donors (Lipinski definition) is 1. The maximum Gasteiger partial charge on any atom is 0.272 e. The van der Waals surface area contributed by atoms with Crippen molar-refractivity contribution >= 4 is 5.91 Å². The van der Waals surface area contributed by atoms with Gasteiger partial charge in [-0.15, -0.1) is 0 Å². The van der Waals surface area contributed by atoms with Gasteiger partial charge >= 0.3 is 0 Å². The van der Waals surface area contributed by atoms with Crippen LogP contribution >= 0.6 is 0 Å². The number of ether oxygens (including phenoxy) is 1. The predicted molar refractivity (Wildman–Crippen MR) is 104 cm³/mol. The number of halogens is 2. The second-order valence-electron chi connectivity index (χ2n) is 10.5. The minimum Gasteiger partial charge on any atom is -0.368 e. The molecular formula is C23H27F2N3O2. The summed E-state index contributed by atoms with van der Waals surface area (Å²) in [6.45, 7) is 0. The van der Waals surface area contributed by atoms with Crippen LogP contribution in [0.1, 0.15) is 85.3 Å². The van der Waals surface area contributed by atoms with E-state index >= 15 is 0 Å². The number of nitrogens with one attached hydrogen (secondary N) is 1. The van der Waals surface area contributed by atoms with Crippen LogP contribution in [-0.2, 0) is 11.2 Å². The third-order valence-corrected chi connectivity index (χ3v) is 9.01. The van der Waals surface area contributed by atoms with Crippen LogP contribution in [0.25, 0.3) is 0 Å². The van der Waals surface area contributed by atoms with Gasteiger partial charge in [-0.05, 0) is 75.2 Å². The van der Waals surface area contributed by atoms with Crippen molar-refractivity contribution in [2.24, 2.45) is 17.8 Å². The topological polar surface area (TPSA) is 56.2 Å². The summed E-state index contributed by atoms with van der Waals surface area (Å²) in [5.41, 5.74) is 2.20. The zero-order chi connectivity index (χ0) is 20.2. The molecule has 1 amide bonds. The normalized spacial score (nSPS) is 45.1. The average molecular weight is 415 g/mol. The van der Waals surface area contributed by atoms with Gasteiger partial charge in [-0.2, -0.15) is 5.10 Å². The number of amides is 1. The van der Waals surface area contributed by atoms with Gasteiger partial charge in [0.15, 0.2) is 5.69 Å². The Balaban J connectivity index is 1.27. The SMILES string of the molecule is O=C(NC12CC3CC1CC2C3)c1nn(C2CCC(F)C=C2F)c2c1CC1CCC2O1. The van der Waals surface area contributed by atoms with Crippen LogP contribution in [0.2, 0.25) is 0 Å². The van der Waals surface area contributed by atoms with Crippen LogP contribution in [0.15, 0.2) is 11.9 Å². The molecular weight excluding hydrogens is 388 g/mol. The number of fused-ring (bicyclic) bond motifs is 5. The first-order valence-corrected chi connectivity index (χ1v) is 11.6. The fourth-order valence-electron chi connectivity index (χ4n) is 7.74. The molecule has 2 aliphatic heterocycles. The number of hydrogen-bond acceptors (Lipinski definition) is 3. The van der Waals surface area contributed by atoms with Gasteiger partial charge in [0.05, 0.1) is 17.9 Å². The molecule has 0 radical (unpaired) electrons. The van der Waals surface area contributed by atoms with Crippen molar-refractivity contribution in [2.45, 2.75) is 87.7 Å². The molecule has 6 unspecified atom stereocenters. The highest BCUT2D eigenvalue weighted by Crippen LogP contribution is 2.66. The number of alkyl halides is 1. The average Bonchev–Trinajstić information content (AvgIpc) is 3.42. The van der Waals surface area contributed by atoms with E-state index in [-0.39, 0.29) is 30.1 Å². The molecule has 6 aliphatic rings. The lowest BCUT2D eigenvalue weighted by Crippen LogP contribution is -2.62. The van der Waals surface area contributed by atoms with Crippen LogP contribution in [0.5, 0.6) is 0 Å². The van der Waals surface area contributed by atoms with Gasteiger partial charge in [-0.3, -0.25) is 9.48 Å². The lowest BCUT2D eigenvalue weighted by atomic mass is 9.58. The first-order valence-electron chi connectivity index (χ1n) is 11.6. The Hall–Kier alpha value is -1.76. The van der Waals surface area contributed by atoms with E-state index in [0.717, 1.165) is 42.5 Å². The highest BCUT2D eigenvalue weighted by Gasteiger charge is 2.66. The third-order valence-electron chi connectivity index (χ3n) is 9.01. The Morgan fingerprint density at radius 3 is 2.77 bits per heavy atom. The summed E-state index contributed by atoms with van der Waals surface area (Å²) in [5.74, 6) is 1.40. The van der Waals surface area contributed by atoms with Gasteiger partial charge in [-0.25, -0.2) is 8.78 Å². The van der Waals surface area contributed by atoms with Crippen molar-refractivity contribution in [3.05, 3.63) is 28.9 Å². The van der Waals surface area contributed by atoms with Gasteiger partial charge in [0, 0.05) is 17.5 Å². The summed E-state index contributed by atoms with van der Waals surface area (Å²) in [4.78, 5) is 13.5. The lowest BCUT2D eigenvalue weighted by molar-refractivity contribution is 0.0174. The fraction of sp³-hybridized carbons (Fsp3) is 0.739. The molecule has 30 heavy (non-hydrogen) atoms. The highest BCUT2D eigenvalue weighted by atomic mass is 19.1. The van der Waals surface area contributed by atoms with Crippen molar-refractivity contribution in [3.8, 4) is 0 Å². The second-order valence-corrected chi connectivity index (χ2v) is 10.5. The quantitative estimate of drug-likeness (QED) is 0.809. The minimum atomic E-state index is -1.24. The molecule has 0 spiro atoms. The van der Waals surface area contributed by atoms with Gasteiger partial charge in [0.1, 0.15) is 18.0 Å².